The number of ether oxygens (including phenoxy) is 1. The molecule has 0 bridgehead atoms. The van der Waals surface area contributed by atoms with Crippen molar-refractivity contribution in [1.29, 1.82) is 0 Å². The van der Waals surface area contributed by atoms with Gasteiger partial charge in [-0.05, 0) is 30.7 Å². The highest BCUT2D eigenvalue weighted by Gasteiger charge is 2.13. The summed E-state index contributed by atoms with van der Waals surface area (Å²) in [4.78, 5) is 16.4. The van der Waals surface area contributed by atoms with Crippen molar-refractivity contribution in [2.45, 2.75) is 6.92 Å². The van der Waals surface area contributed by atoms with Crippen LogP contribution in [-0.2, 0) is 9.63 Å². The van der Waals surface area contributed by atoms with Crippen molar-refractivity contribution in [2.75, 3.05) is 20.8 Å². The summed E-state index contributed by atoms with van der Waals surface area (Å²) in [5.74, 6) is -1.55. The van der Waals surface area contributed by atoms with E-state index in [-0.39, 0.29) is 23.9 Å². The number of amides is 1. The van der Waals surface area contributed by atoms with Gasteiger partial charge in [-0.2, -0.15) is 0 Å². The summed E-state index contributed by atoms with van der Waals surface area (Å²) in [5, 5.41) is 10.2. The predicted molar refractivity (Wildman–Crippen MR) is 91.2 cm³/mol. The normalized spacial score (nSPS) is 12.0. The van der Waals surface area contributed by atoms with E-state index in [1.165, 1.54) is 37.2 Å². The molecular formula is C17H18F2N4O3. The molecule has 0 aliphatic rings. The SMILES string of the molecule is CNC(=O)C(=N/OC)/C(C)=C/COc1ccn(-c2ccc(F)cc2F)n1. The summed E-state index contributed by atoms with van der Waals surface area (Å²) < 4.78 is 33.4. The molecule has 2 aromatic rings. The first-order chi connectivity index (χ1) is 12.5. The second kappa shape index (κ2) is 8.75. The van der Waals surface area contributed by atoms with Crippen molar-refractivity contribution in [3.63, 3.8) is 0 Å². The Bertz CT molecular complexity index is 846. The quantitative estimate of drug-likeness (QED) is 0.604. The van der Waals surface area contributed by atoms with E-state index >= 15 is 0 Å². The Hall–Kier alpha value is -3.23. The molecule has 26 heavy (non-hydrogen) atoms. The number of nitrogens with zero attached hydrogens (tertiary/aromatic N) is 3. The highest BCUT2D eigenvalue weighted by molar-refractivity contribution is 6.44. The van der Waals surface area contributed by atoms with Crippen LogP contribution in [0.1, 0.15) is 6.92 Å². The van der Waals surface area contributed by atoms with E-state index in [2.05, 4.69) is 20.4 Å². The summed E-state index contributed by atoms with van der Waals surface area (Å²) in [5.41, 5.74) is 0.773. The third-order valence-corrected chi connectivity index (χ3v) is 3.34. The summed E-state index contributed by atoms with van der Waals surface area (Å²) in [6.45, 7) is 1.79. The molecule has 0 radical (unpaired) electrons. The number of halogens is 2. The Labute approximate surface area is 148 Å². The number of carbonyl (C=O) groups is 1. The number of benzene rings is 1. The number of nitrogens with one attached hydrogen (secondary N) is 1. The van der Waals surface area contributed by atoms with Crippen molar-refractivity contribution < 1.29 is 23.1 Å². The van der Waals surface area contributed by atoms with Crippen LogP contribution >= 0.6 is 0 Å². The lowest BCUT2D eigenvalue weighted by Crippen LogP contribution is -2.28. The fraction of sp³-hybridized carbons (Fsp3) is 0.235. The standard InChI is InChI=1S/C17H18F2N4O3/c1-11(16(22-25-3)17(24)20-2)7-9-26-15-6-8-23(21-15)14-5-4-12(18)10-13(14)19/h4-8,10H,9H2,1-3H3,(H,20,24)/b11-7+,22-16+. The topological polar surface area (TPSA) is 77.7 Å². The number of rotatable bonds is 7. The summed E-state index contributed by atoms with van der Waals surface area (Å²) in [6, 6.07) is 4.73. The van der Waals surface area contributed by atoms with Crippen LogP contribution < -0.4 is 10.1 Å². The molecule has 138 valence electrons. The average Bonchev–Trinajstić information content (AvgIpc) is 3.07. The highest BCUT2D eigenvalue weighted by Crippen LogP contribution is 2.16. The second-order valence-corrected chi connectivity index (χ2v) is 5.09. The van der Waals surface area contributed by atoms with Gasteiger partial charge in [0.25, 0.3) is 5.91 Å². The molecule has 1 aromatic heterocycles. The predicted octanol–water partition coefficient (Wildman–Crippen LogP) is 2.22. The first kappa shape index (κ1) is 19.1. The van der Waals surface area contributed by atoms with Gasteiger partial charge in [-0.1, -0.05) is 5.16 Å². The molecule has 0 saturated carbocycles. The lowest BCUT2D eigenvalue weighted by atomic mass is 10.1. The van der Waals surface area contributed by atoms with E-state index in [1.807, 2.05) is 0 Å². The van der Waals surface area contributed by atoms with Gasteiger partial charge in [0, 0.05) is 25.4 Å². The van der Waals surface area contributed by atoms with Gasteiger partial charge in [0.15, 0.2) is 11.5 Å². The molecule has 0 unspecified atom stereocenters. The van der Waals surface area contributed by atoms with Gasteiger partial charge < -0.3 is 14.9 Å². The number of hydrogen-bond acceptors (Lipinski definition) is 5. The lowest BCUT2D eigenvalue weighted by molar-refractivity contribution is -0.114. The van der Waals surface area contributed by atoms with E-state index in [0.29, 0.717) is 5.57 Å². The summed E-state index contributed by atoms with van der Waals surface area (Å²) in [7, 11) is 2.83. The van der Waals surface area contributed by atoms with Crippen LogP contribution in [0.25, 0.3) is 5.69 Å². The minimum Gasteiger partial charge on any atom is -0.472 e. The van der Waals surface area contributed by atoms with Gasteiger partial charge in [-0.3, -0.25) is 4.79 Å². The maximum Gasteiger partial charge on any atom is 0.273 e. The number of carbonyl (C=O) groups excluding carboxylic acids is 1. The maximum atomic E-state index is 13.8. The number of aromatic nitrogens is 2. The molecule has 1 heterocycles. The van der Waals surface area contributed by atoms with Gasteiger partial charge in [-0.15, -0.1) is 5.10 Å². The van der Waals surface area contributed by atoms with Crippen molar-refractivity contribution in [2.24, 2.45) is 5.16 Å². The molecule has 7 nitrogen and oxygen atoms in total. The molecule has 0 fully saturated rings. The largest absolute Gasteiger partial charge is 0.472 e. The van der Waals surface area contributed by atoms with Crippen molar-refractivity contribution in [3.8, 4) is 11.6 Å². The molecule has 0 aliphatic heterocycles. The van der Waals surface area contributed by atoms with E-state index in [4.69, 9.17) is 4.74 Å². The summed E-state index contributed by atoms with van der Waals surface area (Å²) >= 11 is 0. The molecule has 1 N–H and O–H groups in total. The molecule has 1 amide bonds. The first-order valence-electron chi connectivity index (χ1n) is 7.60. The molecule has 0 spiro atoms. The van der Waals surface area contributed by atoms with E-state index in [9.17, 15) is 13.6 Å². The van der Waals surface area contributed by atoms with Crippen molar-refractivity contribution in [3.05, 3.63) is 53.7 Å². The zero-order chi connectivity index (χ0) is 19.1. The molecule has 0 saturated heterocycles. The van der Waals surface area contributed by atoms with E-state index < -0.39 is 17.5 Å². The molecular weight excluding hydrogens is 346 g/mol. The average molecular weight is 364 g/mol. The fourth-order valence-corrected chi connectivity index (χ4v) is 2.04. The monoisotopic (exact) mass is 364 g/mol. The number of oxime groups is 1. The summed E-state index contributed by atoms with van der Waals surface area (Å²) in [6.07, 6.45) is 3.12. The second-order valence-electron chi connectivity index (χ2n) is 5.09. The first-order valence-corrected chi connectivity index (χ1v) is 7.60. The Morgan fingerprint density at radius 1 is 1.38 bits per heavy atom. The zero-order valence-electron chi connectivity index (χ0n) is 14.5. The van der Waals surface area contributed by atoms with E-state index in [0.717, 1.165) is 12.1 Å². The van der Waals surface area contributed by atoms with Crippen LogP contribution in [-0.4, -0.2) is 42.2 Å². The zero-order valence-corrected chi connectivity index (χ0v) is 14.5. The van der Waals surface area contributed by atoms with Crippen LogP contribution in [0.2, 0.25) is 0 Å². The van der Waals surface area contributed by atoms with Crippen LogP contribution in [0.15, 0.2) is 47.3 Å². The smallest absolute Gasteiger partial charge is 0.273 e. The minimum atomic E-state index is -0.735. The molecule has 9 heteroatoms. The van der Waals surface area contributed by atoms with Crippen LogP contribution in [0, 0.1) is 11.6 Å². The van der Waals surface area contributed by atoms with Gasteiger partial charge >= 0.3 is 0 Å². The Balaban J connectivity index is 2.05. The van der Waals surface area contributed by atoms with Gasteiger partial charge in [0.05, 0.1) is 0 Å². The van der Waals surface area contributed by atoms with Gasteiger partial charge in [-0.25, -0.2) is 13.5 Å². The van der Waals surface area contributed by atoms with Crippen LogP contribution in [0.5, 0.6) is 5.88 Å². The van der Waals surface area contributed by atoms with Crippen molar-refractivity contribution >= 4 is 11.6 Å². The van der Waals surface area contributed by atoms with Crippen LogP contribution in [0.4, 0.5) is 8.78 Å². The van der Waals surface area contributed by atoms with E-state index in [1.54, 1.807) is 13.0 Å². The number of hydrogen-bond donors (Lipinski definition) is 1. The Kier molecular flexibility index (Phi) is 6.42. The highest BCUT2D eigenvalue weighted by atomic mass is 19.1. The molecule has 0 aliphatic carbocycles. The molecule has 0 atom stereocenters. The third-order valence-electron chi connectivity index (χ3n) is 3.34. The maximum absolute atomic E-state index is 13.8. The van der Waals surface area contributed by atoms with Crippen LogP contribution in [0.3, 0.4) is 0 Å². The lowest BCUT2D eigenvalue weighted by Gasteiger charge is -2.05. The minimum absolute atomic E-state index is 0.0992. The van der Waals surface area contributed by atoms with Gasteiger partial charge in [0.1, 0.15) is 25.2 Å². The molecule has 1 aromatic carbocycles. The fourth-order valence-electron chi connectivity index (χ4n) is 2.04. The Morgan fingerprint density at radius 3 is 2.81 bits per heavy atom. The molecule has 2 rings (SSSR count). The van der Waals surface area contributed by atoms with Gasteiger partial charge in [0.2, 0.25) is 5.88 Å². The van der Waals surface area contributed by atoms with Crippen molar-refractivity contribution in [1.82, 2.24) is 15.1 Å². The Morgan fingerprint density at radius 2 is 2.15 bits per heavy atom. The third kappa shape index (κ3) is 4.65.